The summed E-state index contributed by atoms with van der Waals surface area (Å²) in [6.45, 7) is 0.396. The number of aromatic carboxylic acids is 1. The number of benzene rings is 2. The van der Waals surface area contributed by atoms with Crippen LogP contribution in [0.1, 0.15) is 28.8 Å². The van der Waals surface area contributed by atoms with Crippen LogP contribution in [0.4, 0.5) is 10.1 Å². The van der Waals surface area contributed by atoms with Crippen molar-refractivity contribution in [1.82, 2.24) is 5.32 Å². The summed E-state index contributed by atoms with van der Waals surface area (Å²) >= 11 is 0. The highest BCUT2D eigenvalue weighted by Crippen LogP contribution is 2.24. The number of halogens is 1. The first-order valence-corrected chi connectivity index (χ1v) is 8.63. The number of hydrogen-bond donors (Lipinski definition) is 2. The molecule has 0 radical (unpaired) electrons. The van der Waals surface area contributed by atoms with Crippen LogP contribution in [-0.2, 0) is 16.0 Å². The predicted molar refractivity (Wildman–Crippen MR) is 97.0 cm³/mol. The Morgan fingerprint density at radius 1 is 1.19 bits per heavy atom. The maximum atomic E-state index is 14.0. The monoisotopic (exact) mass is 370 g/mol. The van der Waals surface area contributed by atoms with Gasteiger partial charge >= 0.3 is 5.97 Å². The number of rotatable bonds is 5. The summed E-state index contributed by atoms with van der Waals surface area (Å²) in [4.78, 5) is 37.4. The van der Waals surface area contributed by atoms with Crippen molar-refractivity contribution in [2.75, 3.05) is 11.4 Å². The van der Waals surface area contributed by atoms with Gasteiger partial charge in [0.15, 0.2) is 0 Å². The number of anilines is 1. The van der Waals surface area contributed by atoms with E-state index in [0.717, 1.165) is 0 Å². The number of para-hydroxylation sites is 1. The third kappa shape index (κ3) is 4.31. The van der Waals surface area contributed by atoms with Crippen LogP contribution in [0.15, 0.2) is 48.5 Å². The molecule has 0 aliphatic carbocycles. The predicted octanol–water partition coefficient (Wildman–Crippen LogP) is 2.38. The van der Waals surface area contributed by atoms with E-state index in [1.165, 1.54) is 29.2 Å². The van der Waals surface area contributed by atoms with E-state index in [4.69, 9.17) is 5.11 Å². The molecule has 3 rings (SSSR count). The van der Waals surface area contributed by atoms with Crippen molar-refractivity contribution >= 4 is 23.5 Å². The average Bonchev–Trinajstić information content (AvgIpc) is 2.64. The second kappa shape index (κ2) is 7.99. The van der Waals surface area contributed by atoms with E-state index in [9.17, 15) is 18.8 Å². The van der Waals surface area contributed by atoms with E-state index in [1.54, 1.807) is 24.3 Å². The molecule has 2 amide bonds. The lowest BCUT2D eigenvalue weighted by molar-refractivity contribution is -0.128. The lowest BCUT2D eigenvalue weighted by Crippen LogP contribution is -2.53. The van der Waals surface area contributed by atoms with Crippen LogP contribution in [0, 0.1) is 5.82 Å². The molecular weight excluding hydrogens is 351 g/mol. The van der Waals surface area contributed by atoms with E-state index in [2.05, 4.69) is 5.32 Å². The fourth-order valence-corrected chi connectivity index (χ4v) is 3.16. The summed E-state index contributed by atoms with van der Waals surface area (Å²) in [6.07, 6.45) is 1.08. The molecule has 0 aromatic heterocycles. The molecule has 2 aromatic rings. The van der Waals surface area contributed by atoms with Crippen LogP contribution in [0.2, 0.25) is 0 Å². The Hall–Kier alpha value is -3.22. The fraction of sp³-hybridized carbons (Fsp3) is 0.250. The number of nitrogens with zero attached hydrogens (tertiary/aromatic N) is 1. The van der Waals surface area contributed by atoms with Gasteiger partial charge in [0.2, 0.25) is 11.8 Å². The zero-order valence-corrected chi connectivity index (χ0v) is 14.5. The maximum absolute atomic E-state index is 14.0. The molecule has 1 saturated heterocycles. The number of nitrogens with one attached hydrogen (secondary N) is 1. The molecule has 1 aliphatic heterocycles. The van der Waals surface area contributed by atoms with Crippen molar-refractivity contribution in [2.24, 2.45) is 0 Å². The van der Waals surface area contributed by atoms with E-state index in [-0.39, 0.29) is 29.5 Å². The summed E-state index contributed by atoms with van der Waals surface area (Å²) in [5.41, 5.74) is 0.844. The SMILES string of the molecule is O=C(Cc1cccc(C(=O)O)c1)NC1CCCN(c2ccccc2F)C1=O. The van der Waals surface area contributed by atoms with Gasteiger partial charge in [-0.3, -0.25) is 9.59 Å². The molecule has 2 aromatic carbocycles. The molecule has 1 heterocycles. The molecule has 1 fully saturated rings. The largest absolute Gasteiger partial charge is 0.478 e. The van der Waals surface area contributed by atoms with Crippen LogP contribution in [-0.4, -0.2) is 35.5 Å². The average molecular weight is 370 g/mol. The second-order valence-corrected chi connectivity index (χ2v) is 6.39. The van der Waals surface area contributed by atoms with Gasteiger partial charge in [-0.15, -0.1) is 0 Å². The van der Waals surface area contributed by atoms with Gasteiger partial charge in [0.1, 0.15) is 11.9 Å². The number of carbonyl (C=O) groups excluding carboxylic acids is 2. The van der Waals surface area contributed by atoms with Crippen LogP contribution < -0.4 is 10.2 Å². The number of carbonyl (C=O) groups is 3. The number of amides is 2. The Morgan fingerprint density at radius 2 is 1.96 bits per heavy atom. The summed E-state index contributed by atoms with van der Waals surface area (Å²) in [6, 6.07) is 11.4. The van der Waals surface area contributed by atoms with Crippen LogP contribution >= 0.6 is 0 Å². The summed E-state index contributed by atoms with van der Waals surface area (Å²) in [7, 11) is 0. The van der Waals surface area contributed by atoms with Crippen molar-refractivity contribution in [3.63, 3.8) is 0 Å². The van der Waals surface area contributed by atoms with Crippen molar-refractivity contribution in [3.8, 4) is 0 Å². The molecule has 0 spiro atoms. The van der Waals surface area contributed by atoms with Crippen LogP contribution in [0.5, 0.6) is 0 Å². The molecule has 6 nitrogen and oxygen atoms in total. The molecule has 7 heteroatoms. The van der Waals surface area contributed by atoms with Gasteiger partial charge in [-0.25, -0.2) is 9.18 Å². The Morgan fingerprint density at radius 3 is 2.70 bits per heavy atom. The lowest BCUT2D eigenvalue weighted by atomic mass is 10.0. The Labute approximate surface area is 155 Å². The number of piperidine rings is 1. The van der Waals surface area contributed by atoms with E-state index in [1.807, 2.05) is 0 Å². The molecule has 1 unspecified atom stereocenters. The Balaban J connectivity index is 1.67. The molecule has 0 bridgehead atoms. The van der Waals surface area contributed by atoms with E-state index < -0.39 is 17.8 Å². The van der Waals surface area contributed by atoms with Crippen LogP contribution in [0.3, 0.4) is 0 Å². The summed E-state index contributed by atoms with van der Waals surface area (Å²) in [5.74, 6) is -2.28. The van der Waals surface area contributed by atoms with Gasteiger partial charge in [-0.05, 0) is 42.7 Å². The second-order valence-electron chi connectivity index (χ2n) is 6.39. The van der Waals surface area contributed by atoms with Crippen LogP contribution in [0.25, 0.3) is 0 Å². The van der Waals surface area contributed by atoms with Crippen molar-refractivity contribution in [3.05, 3.63) is 65.5 Å². The molecule has 27 heavy (non-hydrogen) atoms. The highest BCUT2D eigenvalue weighted by atomic mass is 19.1. The number of hydrogen-bond acceptors (Lipinski definition) is 3. The molecule has 2 N–H and O–H groups in total. The van der Waals surface area contributed by atoms with Gasteiger partial charge in [0, 0.05) is 6.54 Å². The molecular formula is C20H19FN2O4. The van der Waals surface area contributed by atoms with Gasteiger partial charge in [0.25, 0.3) is 0 Å². The zero-order chi connectivity index (χ0) is 19.4. The highest BCUT2D eigenvalue weighted by molar-refractivity contribution is 6.00. The zero-order valence-electron chi connectivity index (χ0n) is 14.5. The minimum Gasteiger partial charge on any atom is -0.478 e. The van der Waals surface area contributed by atoms with Gasteiger partial charge in [-0.2, -0.15) is 0 Å². The molecule has 140 valence electrons. The fourth-order valence-electron chi connectivity index (χ4n) is 3.16. The van der Waals surface area contributed by atoms with E-state index in [0.29, 0.717) is 24.9 Å². The minimum absolute atomic E-state index is 0.0371. The minimum atomic E-state index is -1.07. The highest BCUT2D eigenvalue weighted by Gasteiger charge is 2.31. The standard InChI is InChI=1S/C20H19FN2O4/c21-15-7-1-2-9-17(15)23-10-4-8-16(19(23)25)22-18(24)12-13-5-3-6-14(11-13)20(26)27/h1-3,5-7,9,11,16H,4,8,10,12H2,(H,22,24)(H,26,27). The normalized spacial score (nSPS) is 16.9. The molecule has 1 atom stereocenters. The molecule has 1 aliphatic rings. The summed E-state index contributed by atoms with van der Waals surface area (Å²) in [5, 5.41) is 11.7. The smallest absolute Gasteiger partial charge is 0.335 e. The van der Waals surface area contributed by atoms with Gasteiger partial charge in [-0.1, -0.05) is 24.3 Å². The van der Waals surface area contributed by atoms with Gasteiger partial charge in [0.05, 0.1) is 17.7 Å². The first kappa shape index (κ1) is 18.6. The topological polar surface area (TPSA) is 86.7 Å². The molecule has 0 saturated carbocycles. The number of carboxylic acids is 1. The van der Waals surface area contributed by atoms with Gasteiger partial charge < -0.3 is 15.3 Å². The third-order valence-electron chi connectivity index (χ3n) is 4.46. The lowest BCUT2D eigenvalue weighted by Gasteiger charge is -2.32. The van der Waals surface area contributed by atoms with Crippen molar-refractivity contribution in [2.45, 2.75) is 25.3 Å². The first-order valence-electron chi connectivity index (χ1n) is 8.63. The van der Waals surface area contributed by atoms with E-state index >= 15 is 0 Å². The quantitative estimate of drug-likeness (QED) is 0.846. The maximum Gasteiger partial charge on any atom is 0.335 e. The Bertz CT molecular complexity index is 884. The number of carboxylic acid groups (broad SMARTS) is 1. The summed E-state index contributed by atoms with van der Waals surface area (Å²) < 4.78 is 14.0. The van der Waals surface area contributed by atoms with Crippen molar-refractivity contribution < 1.29 is 23.9 Å². The Kier molecular flexibility index (Phi) is 5.49. The third-order valence-corrected chi connectivity index (χ3v) is 4.46. The first-order chi connectivity index (χ1) is 13.0. The van der Waals surface area contributed by atoms with Crippen molar-refractivity contribution in [1.29, 1.82) is 0 Å².